The summed E-state index contributed by atoms with van der Waals surface area (Å²) in [6.45, 7) is 9.60. The zero-order chi connectivity index (χ0) is 21.0. The van der Waals surface area contributed by atoms with Crippen molar-refractivity contribution in [2.24, 2.45) is 10.7 Å². The van der Waals surface area contributed by atoms with E-state index >= 15 is 0 Å². The molecule has 0 aliphatic heterocycles. The molecule has 1 aromatic carbocycles. The van der Waals surface area contributed by atoms with Crippen LogP contribution in [-0.4, -0.2) is 44.0 Å². The lowest BCUT2D eigenvalue weighted by molar-refractivity contribution is 0.202. The van der Waals surface area contributed by atoms with E-state index < -0.39 is 0 Å². The van der Waals surface area contributed by atoms with E-state index in [0.717, 1.165) is 44.7 Å². The Morgan fingerprint density at radius 2 is 1.48 bits per heavy atom. The molecular formula is C25H45N3O. The third kappa shape index (κ3) is 14.1. The molecule has 0 radical (unpaired) electrons. The first-order valence-electron chi connectivity index (χ1n) is 11.9. The van der Waals surface area contributed by atoms with Crippen LogP contribution in [0.1, 0.15) is 83.6 Å². The smallest absolute Gasteiger partial charge is 0.119 e. The van der Waals surface area contributed by atoms with Gasteiger partial charge >= 0.3 is 0 Å². The molecule has 0 fully saturated rings. The van der Waals surface area contributed by atoms with Crippen LogP contribution in [0.3, 0.4) is 0 Å². The average molecular weight is 404 g/mol. The SMILES string of the molecule is CCCCCCN(CCCCCC)CCOc1ccc(CCCCN=CN)cc1. The molecule has 0 bridgehead atoms. The zero-order valence-corrected chi connectivity index (χ0v) is 19.1. The maximum absolute atomic E-state index is 6.03. The molecular weight excluding hydrogens is 358 g/mol. The van der Waals surface area contributed by atoms with E-state index in [4.69, 9.17) is 10.5 Å². The Labute approximate surface area is 179 Å². The summed E-state index contributed by atoms with van der Waals surface area (Å²) in [7, 11) is 0. The number of hydrogen-bond donors (Lipinski definition) is 1. The highest BCUT2D eigenvalue weighted by Crippen LogP contribution is 2.14. The van der Waals surface area contributed by atoms with Crippen LogP contribution in [0.2, 0.25) is 0 Å². The van der Waals surface area contributed by atoms with Crippen LogP contribution >= 0.6 is 0 Å². The second kappa shape index (κ2) is 18.5. The van der Waals surface area contributed by atoms with Gasteiger partial charge in [-0.05, 0) is 62.9 Å². The maximum atomic E-state index is 6.03. The molecule has 4 heteroatoms. The minimum atomic E-state index is 0.776. The van der Waals surface area contributed by atoms with Crippen molar-refractivity contribution in [2.75, 3.05) is 32.8 Å². The summed E-state index contributed by atoms with van der Waals surface area (Å²) in [5.74, 6) is 0.985. The minimum Gasteiger partial charge on any atom is -0.492 e. The number of aryl methyl sites for hydroxylation is 1. The Bertz CT molecular complexity index is 489. The summed E-state index contributed by atoms with van der Waals surface area (Å²) in [5, 5.41) is 0. The van der Waals surface area contributed by atoms with Gasteiger partial charge < -0.3 is 10.5 Å². The van der Waals surface area contributed by atoms with Gasteiger partial charge in [0.25, 0.3) is 0 Å². The van der Waals surface area contributed by atoms with Gasteiger partial charge in [-0.1, -0.05) is 64.5 Å². The highest BCUT2D eigenvalue weighted by atomic mass is 16.5. The summed E-state index contributed by atoms with van der Waals surface area (Å²) in [5.41, 5.74) is 6.62. The van der Waals surface area contributed by atoms with Crippen LogP contribution in [0.25, 0.3) is 0 Å². The fourth-order valence-corrected chi connectivity index (χ4v) is 3.51. The summed E-state index contributed by atoms with van der Waals surface area (Å²) in [4.78, 5) is 6.65. The fraction of sp³-hybridized carbons (Fsp3) is 0.720. The van der Waals surface area contributed by atoms with E-state index in [1.54, 1.807) is 0 Å². The van der Waals surface area contributed by atoms with Gasteiger partial charge in [-0.25, -0.2) is 0 Å². The van der Waals surface area contributed by atoms with Gasteiger partial charge in [0, 0.05) is 13.1 Å². The van der Waals surface area contributed by atoms with Crippen molar-refractivity contribution in [1.29, 1.82) is 0 Å². The van der Waals surface area contributed by atoms with Crippen LogP contribution in [0.4, 0.5) is 0 Å². The molecule has 29 heavy (non-hydrogen) atoms. The standard InChI is InChI=1S/C25H45N3O/c1-3-5-7-11-19-28(20-12-8-6-4-2)21-22-29-25-16-14-24(15-17-25)13-9-10-18-27-23-26/h14-17,23H,3-13,18-22H2,1-2H3,(H2,26,27). The van der Waals surface area contributed by atoms with Crippen molar-refractivity contribution in [3.8, 4) is 5.75 Å². The summed E-state index contributed by atoms with van der Waals surface area (Å²) in [6, 6.07) is 8.60. The molecule has 0 atom stereocenters. The molecule has 0 aromatic heterocycles. The molecule has 0 amide bonds. The lowest BCUT2D eigenvalue weighted by Gasteiger charge is -2.22. The second-order valence-corrected chi connectivity index (χ2v) is 7.97. The number of nitrogens with two attached hydrogens (primary N) is 1. The van der Waals surface area contributed by atoms with Crippen molar-refractivity contribution in [3.05, 3.63) is 29.8 Å². The Balaban J connectivity index is 2.29. The third-order valence-corrected chi connectivity index (χ3v) is 5.36. The molecule has 0 saturated carbocycles. The van der Waals surface area contributed by atoms with Crippen LogP contribution in [0, 0.1) is 0 Å². The second-order valence-electron chi connectivity index (χ2n) is 7.97. The summed E-state index contributed by atoms with van der Waals surface area (Å²) >= 11 is 0. The Morgan fingerprint density at radius 3 is 2.07 bits per heavy atom. The number of aliphatic imine (C=N–C) groups is 1. The van der Waals surface area contributed by atoms with Crippen molar-refractivity contribution >= 4 is 6.34 Å². The highest BCUT2D eigenvalue weighted by Gasteiger charge is 2.05. The van der Waals surface area contributed by atoms with Gasteiger partial charge in [0.15, 0.2) is 0 Å². The van der Waals surface area contributed by atoms with Crippen molar-refractivity contribution in [1.82, 2.24) is 4.90 Å². The molecule has 1 rings (SSSR count). The largest absolute Gasteiger partial charge is 0.492 e. The molecule has 4 nitrogen and oxygen atoms in total. The molecule has 1 aromatic rings. The summed E-state index contributed by atoms with van der Waals surface area (Å²) < 4.78 is 6.03. The zero-order valence-electron chi connectivity index (χ0n) is 19.1. The number of unbranched alkanes of at least 4 members (excludes halogenated alkanes) is 7. The maximum Gasteiger partial charge on any atom is 0.119 e. The minimum absolute atomic E-state index is 0.776. The van der Waals surface area contributed by atoms with Crippen LogP contribution in [-0.2, 0) is 6.42 Å². The fourth-order valence-electron chi connectivity index (χ4n) is 3.51. The first-order valence-corrected chi connectivity index (χ1v) is 11.9. The lowest BCUT2D eigenvalue weighted by Crippen LogP contribution is -2.30. The number of benzene rings is 1. The van der Waals surface area contributed by atoms with E-state index in [0.29, 0.717) is 0 Å². The van der Waals surface area contributed by atoms with E-state index in [-0.39, 0.29) is 0 Å². The van der Waals surface area contributed by atoms with E-state index in [1.807, 2.05) is 0 Å². The van der Waals surface area contributed by atoms with Gasteiger partial charge in [0.05, 0.1) is 6.34 Å². The highest BCUT2D eigenvalue weighted by molar-refractivity contribution is 5.50. The number of hydrogen-bond acceptors (Lipinski definition) is 3. The first kappa shape index (κ1) is 25.5. The monoisotopic (exact) mass is 403 g/mol. The van der Waals surface area contributed by atoms with Gasteiger partial charge in [0.2, 0.25) is 0 Å². The number of ether oxygens (including phenoxy) is 1. The number of nitrogens with zero attached hydrogens (tertiary/aromatic N) is 2. The predicted octanol–water partition coefficient (Wildman–Crippen LogP) is 5.84. The lowest BCUT2D eigenvalue weighted by atomic mass is 10.1. The first-order chi connectivity index (χ1) is 14.3. The molecule has 0 aliphatic rings. The molecule has 0 unspecified atom stereocenters. The summed E-state index contributed by atoms with van der Waals surface area (Å²) in [6.07, 6.45) is 15.3. The molecule has 0 heterocycles. The Morgan fingerprint density at radius 1 is 0.828 bits per heavy atom. The van der Waals surface area contributed by atoms with Crippen LogP contribution in [0.5, 0.6) is 5.75 Å². The van der Waals surface area contributed by atoms with Crippen LogP contribution in [0.15, 0.2) is 29.3 Å². The molecule has 0 aliphatic carbocycles. The Hall–Kier alpha value is -1.55. The molecule has 0 saturated heterocycles. The average Bonchev–Trinajstić information content (AvgIpc) is 2.74. The van der Waals surface area contributed by atoms with Crippen molar-refractivity contribution in [3.63, 3.8) is 0 Å². The van der Waals surface area contributed by atoms with Gasteiger partial charge in [-0.3, -0.25) is 9.89 Å². The van der Waals surface area contributed by atoms with E-state index in [9.17, 15) is 0 Å². The number of rotatable bonds is 19. The van der Waals surface area contributed by atoms with Gasteiger partial charge in [0.1, 0.15) is 12.4 Å². The van der Waals surface area contributed by atoms with Crippen molar-refractivity contribution in [2.45, 2.75) is 84.5 Å². The van der Waals surface area contributed by atoms with Crippen molar-refractivity contribution < 1.29 is 4.74 Å². The van der Waals surface area contributed by atoms with E-state index in [2.05, 4.69) is 48.0 Å². The topological polar surface area (TPSA) is 50.8 Å². The molecule has 2 N–H and O–H groups in total. The van der Waals surface area contributed by atoms with Gasteiger partial charge in [-0.2, -0.15) is 0 Å². The molecule has 166 valence electrons. The van der Waals surface area contributed by atoms with Gasteiger partial charge in [-0.15, -0.1) is 0 Å². The van der Waals surface area contributed by atoms with E-state index in [1.165, 1.54) is 76.4 Å². The third-order valence-electron chi connectivity index (χ3n) is 5.36. The quantitative estimate of drug-likeness (QED) is 0.179. The van der Waals surface area contributed by atoms with Crippen LogP contribution < -0.4 is 10.5 Å². The molecule has 0 spiro atoms. The Kier molecular flexibility index (Phi) is 16.2. The predicted molar refractivity (Wildman–Crippen MR) is 127 cm³/mol. The normalized spacial score (nSPS) is 11.6.